The fraction of sp³-hybridized carbons (Fsp3) is 0.188. The van der Waals surface area contributed by atoms with Crippen molar-refractivity contribution < 1.29 is 18.1 Å². The monoisotopic (exact) mass is 348 g/mol. The average Bonchev–Trinajstić information content (AvgIpc) is 2.54. The van der Waals surface area contributed by atoms with Crippen LogP contribution in [0.15, 0.2) is 53.4 Å². The Bertz CT molecular complexity index is 858. The molecular weight excluding hydrogens is 332 g/mol. The first-order valence-corrected chi connectivity index (χ1v) is 8.93. The van der Waals surface area contributed by atoms with Gasteiger partial charge in [-0.05, 0) is 36.8 Å². The fourth-order valence-corrected chi connectivity index (χ4v) is 2.73. The lowest BCUT2D eigenvalue weighted by Crippen LogP contribution is -2.26. The van der Waals surface area contributed by atoms with Crippen molar-refractivity contribution in [3.05, 3.63) is 69.8 Å². The van der Waals surface area contributed by atoms with Gasteiger partial charge in [0, 0.05) is 24.0 Å². The molecule has 1 amide bonds. The maximum Gasteiger partial charge on any atom is 0.269 e. The van der Waals surface area contributed by atoms with Crippen LogP contribution in [0, 0.1) is 10.1 Å². The van der Waals surface area contributed by atoms with Crippen molar-refractivity contribution in [1.29, 1.82) is 0 Å². The number of nitrogens with zero attached hydrogens (tertiary/aromatic N) is 1. The van der Waals surface area contributed by atoms with Gasteiger partial charge < -0.3 is 5.32 Å². The Balaban J connectivity index is 2.09. The van der Waals surface area contributed by atoms with E-state index in [0.717, 1.165) is 11.8 Å². The van der Waals surface area contributed by atoms with Crippen molar-refractivity contribution in [3.63, 3.8) is 0 Å². The van der Waals surface area contributed by atoms with Gasteiger partial charge in [0.1, 0.15) is 0 Å². The second-order valence-corrected chi connectivity index (χ2v) is 7.36. The van der Waals surface area contributed by atoms with E-state index in [1.54, 1.807) is 19.1 Å². The SMILES string of the molecule is C[C@@H](NC(=O)c1ccc([N+](=O)[O-])cc1)c1ccc(S(C)(=O)=O)cc1. The molecule has 0 aliphatic rings. The molecule has 1 atom stereocenters. The van der Waals surface area contributed by atoms with Crippen LogP contribution < -0.4 is 5.32 Å². The third-order valence-corrected chi connectivity index (χ3v) is 4.62. The minimum atomic E-state index is -3.26. The van der Waals surface area contributed by atoms with Crippen LogP contribution in [-0.4, -0.2) is 25.5 Å². The van der Waals surface area contributed by atoms with E-state index in [2.05, 4.69) is 5.32 Å². The quantitative estimate of drug-likeness (QED) is 0.660. The van der Waals surface area contributed by atoms with Gasteiger partial charge in [-0.2, -0.15) is 0 Å². The first-order chi connectivity index (χ1) is 11.2. The van der Waals surface area contributed by atoms with E-state index < -0.39 is 14.8 Å². The van der Waals surface area contributed by atoms with Gasteiger partial charge in [0.05, 0.1) is 15.9 Å². The maximum absolute atomic E-state index is 12.2. The van der Waals surface area contributed by atoms with Crippen molar-refractivity contribution >= 4 is 21.4 Å². The third-order valence-electron chi connectivity index (χ3n) is 3.50. The predicted octanol–water partition coefficient (Wildman–Crippen LogP) is 2.49. The van der Waals surface area contributed by atoms with Gasteiger partial charge in [-0.25, -0.2) is 8.42 Å². The molecule has 2 aromatic carbocycles. The van der Waals surface area contributed by atoms with E-state index in [0.29, 0.717) is 5.56 Å². The van der Waals surface area contributed by atoms with Crippen LogP contribution in [0.4, 0.5) is 5.69 Å². The number of hydrogen-bond donors (Lipinski definition) is 1. The number of carbonyl (C=O) groups excluding carboxylic acids is 1. The summed E-state index contributed by atoms with van der Waals surface area (Å²) in [5.41, 5.74) is 0.967. The molecule has 0 aliphatic heterocycles. The van der Waals surface area contributed by atoms with Crippen LogP contribution in [0.2, 0.25) is 0 Å². The van der Waals surface area contributed by atoms with E-state index in [1.165, 1.54) is 36.4 Å². The minimum Gasteiger partial charge on any atom is -0.346 e. The molecule has 2 rings (SSSR count). The Morgan fingerprint density at radius 3 is 2.08 bits per heavy atom. The molecule has 0 bridgehead atoms. The Hall–Kier alpha value is -2.74. The molecule has 0 saturated carbocycles. The number of benzene rings is 2. The molecule has 0 unspecified atom stereocenters. The zero-order chi connectivity index (χ0) is 17.9. The van der Waals surface area contributed by atoms with Crippen molar-refractivity contribution in [2.45, 2.75) is 17.9 Å². The standard InChI is InChI=1S/C16H16N2O5S/c1-11(12-5-9-15(10-6-12)24(2,22)23)17-16(19)13-3-7-14(8-4-13)18(20)21/h3-11H,1-2H3,(H,17,19)/t11-/m1/s1. The molecule has 8 heteroatoms. The molecule has 7 nitrogen and oxygen atoms in total. The van der Waals surface area contributed by atoms with E-state index >= 15 is 0 Å². The fourth-order valence-electron chi connectivity index (χ4n) is 2.10. The highest BCUT2D eigenvalue weighted by Gasteiger charge is 2.14. The molecule has 1 N–H and O–H groups in total. The van der Waals surface area contributed by atoms with Gasteiger partial charge in [-0.3, -0.25) is 14.9 Å². The molecular formula is C16H16N2O5S. The number of nitrogens with one attached hydrogen (secondary N) is 1. The Morgan fingerprint density at radius 1 is 1.08 bits per heavy atom. The van der Waals surface area contributed by atoms with E-state index in [4.69, 9.17) is 0 Å². The molecule has 0 heterocycles. The van der Waals surface area contributed by atoms with Gasteiger partial charge in [-0.15, -0.1) is 0 Å². The van der Waals surface area contributed by atoms with Gasteiger partial charge in [0.2, 0.25) is 0 Å². The molecule has 0 fully saturated rings. The second kappa shape index (κ2) is 6.79. The molecule has 2 aromatic rings. The van der Waals surface area contributed by atoms with E-state index in [9.17, 15) is 23.3 Å². The second-order valence-electron chi connectivity index (χ2n) is 5.34. The van der Waals surface area contributed by atoms with E-state index in [1.807, 2.05) is 0 Å². The van der Waals surface area contributed by atoms with Crippen molar-refractivity contribution in [3.8, 4) is 0 Å². The summed E-state index contributed by atoms with van der Waals surface area (Å²) in [6.07, 6.45) is 1.13. The highest BCUT2D eigenvalue weighted by atomic mass is 32.2. The molecule has 0 spiro atoms. The van der Waals surface area contributed by atoms with Crippen LogP contribution >= 0.6 is 0 Å². The summed E-state index contributed by atoms with van der Waals surface area (Å²) in [5, 5.41) is 13.4. The summed E-state index contributed by atoms with van der Waals surface area (Å²) in [6.45, 7) is 1.76. The van der Waals surface area contributed by atoms with Crippen molar-refractivity contribution in [2.24, 2.45) is 0 Å². The molecule has 0 aromatic heterocycles. The van der Waals surface area contributed by atoms with Crippen molar-refractivity contribution in [1.82, 2.24) is 5.32 Å². The van der Waals surface area contributed by atoms with Gasteiger partial charge >= 0.3 is 0 Å². The maximum atomic E-state index is 12.2. The van der Waals surface area contributed by atoms with Gasteiger partial charge in [0.15, 0.2) is 9.84 Å². The van der Waals surface area contributed by atoms with Crippen LogP contribution in [0.5, 0.6) is 0 Å². The van der Waals surface area contributed by atoms with Crippen LogP contribution in [0.3, 0.4) is 0 Å². The summed E-state index contributed by atoms with van der Waals surface area (Å²) >= 11 is 0. The summed E-state index contributed by atoms with van der Waals surface area (Å²) in [7, 11) is -3.26. The number of non-ortho nitro benzene ring substituents is 1. The lowest BCUT2D eigenvalue weighted by atomic mass is 10.1. The third kappa shape index (κ3) is 4.17. The number of nitro groups is 1. The van der Waals surface area contributed by atoms with Crippen LogP contribution in [0.1, 0.15) is 28.9 Å². The summed E-state index contributed by atoms with van der Waals surface area (Å²) in [5.74, 6) is -0.371. The number of hydrogen-bond acceptors (Lipinski definition) is 5. The lowest BCUT2D eigenvalue weighted by molar-refractivity contribution is -0.384. The number of carbonyl (C=O) groups is 1. The zero-order valence-corrected chi connectivity index (χ0v) is 13.9. The Labute approximate surface area is 139 Å². The smallest absolute Gasteiger partial charge is 0.269 e. The van der Waals surface area contributed by atoms with Gasteiger partial charge in [0.25, 0.3) is 11.6 Å². The molecule has 24 heavy (non-hydrogen) atoms. The summed E-state index contributed by atoms with van der Waals surface area (Å²) < 4.78 is 22.9. The predicted molar refractivity (Wildman–Crippen MR) is 88.5 cm³/mol. The topological polar surface area (TPSA) is 106 Å². The first-order valence-electron chi connectivity index (χ1n) is 7.04. The highest BCUT2D eigenvalue weighted by molar-refractivity contribution is 7.90. The van der Waals surface area contributed by atoms with E-state index in [-0.39, 0.29) is 22.5 Å². The summed E-state index contributed by atoms with van der Waals surface area (Å²) in [6, 6.07) is 11.2. The molecule has 0 radical (unpaired) electrons. The Morgan fingerprint density at radius 2 is 1.62 bits per heavy atom. The normalized spacial score (nSPS) is 12.4. The molecule has 0 aliphatic carbocycles. The van der Waals surface area contributed by atoms with Gasteiger partial charge in [-0.1, -0.05) is 12.1 Å². The number of nitro benzene ring substituents is 1. The summed E-state index contributed by atoms with van der Waals surface area (Å²) in [4.78, 5) is 22.4. The average molecular weight is 348 g/mol. The van der Waals surface area contributed by atoms with Crippen LogP contribution in [-0.2, 0) is 9.84 Å². The Kier molecular flexibility index (Phi) is 4.99. The number of rotatable bonds is 5. The highest BCUT2D eigenvalue weighted by Crippen LogP contribution is 2.17. The molecule has 0 saturated heterocycles. The van der Waals surface area contributed by atoms with Crippen molar-refractivity contribution in [2.75, 3.05) is 6.26 Å². The molecule has 126 valence electrons. The lowest BCUT2D eigenvalue weighted by Gasteiger charge is -2.14. The minimum absolute atomic E-state index is 0.0871. The largest absolute Gasteiger partial charge is 0.346 e. The number of sulfone groups is 1. The first kappa shape index (κ1) is 17.6. The zero-order valence-electron chi connectivity index (χ0n) is 13.1. The van der Waals surface area contributed by atoms with Crippen LogP contribution in [0.25, 0.3) is 0 Å². The number of amides is 1.